The molecule has 50 valence electrons. The van der Waals surface area contributed by atoms with Gasteiger partial charge in [0.05, 0.1) is 0 Å². The monoisotopic (exact) mass is 130 g/mol. The molecule has 0 amide bonds. The summed E-state index contributed by atoms with van der Waals surface area (Å²) in [5, 5.41) is 0. The Morgan fingerprint density at radius 2 is 2.40 bits per heavy atom. The Bertz CT molecular complexity index is 264. The molecule has 0 heteroatoms. The van der Waals surface area contributed by atoms with Gasteiger partial charge in [0.1, 0.15) is 0 Å². The molecule has 0 N–H and O–H groups in total. The second-order valence-corrected chi connectivity index (χ2v) is 2.27. The van der Waals surface area contributed by atoms with E-state index in [2.05, 4.69) is 24.1 Å². The van der Waals surface area contributed by atoms with Crippen molar-refractivity contribution in [1.82, 2.24) is 0 Å². The van der Waals surface area contributed by atoms with Gasteiger partial charge < -0.3 is 0 Å². The van der Waals surface area contributed by atoms with Gasteiger partial charge in [-0.1, -0.05) is 36.3 Å². The molecule has 0 nitrogen and oxygen atoms in total. The zero-order chi connectivity index (χ0) is 7.40. The maximum Gasteiger partial charge on any atom is 0.00558 e. The van der Waals surface area contributed by atoms with E-state index in [9.17, 15) is 0 Å². The van der Waals surface area contributed by atoms with Gasteiger partial charge in [-0.15, -0.1) is 0 Å². The van der Waals surface area contributed by atoms with Crippen LogP contribution in [0.3, 0.4) is 0 Å². The molecule has 0 aliphatic heterocycles. The van der Waals surface area contributed by atoms with Crippen LogP contribution in [-0.2, 0) is 0 Å². The Morgan fingerprint density at radius 1 is 1.60 bits per heavy atom. The van der Waals surface area contributed by atoms with Gasteiger partial charge in [-0.05, 0) is 18.9 Å². The molecule has 1 rings (SSSR count). The molecule has 0 aromatic rings. The van der Waals surface area contributed by atoms with E-state index in [0.717, 1.165) is 17.6 Å². The van der Waals surface area contributed by atoms with Gasteiger partial charge in [-0.3, -0.25) is 0 Å². The second kappa shape index (κ2) is 3.08. The van der Waals surface area contributed by atoms with Crippen LogP contribution in [0.25, 0.3) is 0 Å². The van der Waals surface area contributed by atoms with Gasteiger partial charge in [0.2, 0.25) is 0 Å². The van der Waals surface area contributed by atoms with Gasteiger partial charge in [0.15, 0.2) is 0 Å². The van der Waals surface area contributed by atoms with Crippen molar-refractivity contribution in [2.24, 2.45) is 0 Å². The second-order valence-electron chi connectivity index (χ2n) is 2.27. The van der Waals surface area contributed by atoms with Crippen molar-refractivity contribution in [3.63, 3.8) is 0 Å². The highest BCUT2D eigenvalue weighted by atomic mass is 13.9. The molecule has 0 aromatic carbocycles. The number of rotatable bonds is 1. The van der Waals surface area contributed by atoms with Crippen LogP contribution in [-0.4, -0.2) is 0 Å². The topological polar surface area (TPSA) is 0 Å². The minimum absolute atomic E-state index is 0.924. The average Bonchev–Trinajstić information content (AvgIpc) is 2.14. The van der Waals surface area contributed by atoms with Gasteiger partial charge >= 0.3 is 0 Å². The van der Waals surface area contributed by atoms with Gasteiger partial charge in [-0.25, -0.2) is 0 Å². The highest BCUT2D eigenvalue weighted by molar-refractivity contribution is 5.26. The lowest BCUT2D eigenvalue weighted by atomic mass is 10.2. The van der Waals surface area contributed by atoms with E-state index in [1.807, 2.05) is 19.1 Å². The van der Waals surface area contributed by atoms with Crippen LogP contribution >= 0.6 is 0 Å². The standard InChI is InChI=1S/C10H10/c1-3-10-6-4-5-9(2)7-8-10/h3-5H,1,6H2,2H3. The first-order valence-electron chi connectivity index (χ1n) is 3.33. The Balaban J connectivity index is 3.10. The summed E-state index contributed by atoms with van der Waals surface area (Å²) in [4.78, 5) is 0. The molecular formula is C10H10. The summed E-state index contributed by atoms with van der Waals surface area (Å²) in [6.45, 7) is 5.68. The summed E-state index contributed by atoms with van der Waals surface area (Å²) in [6, 6.07) is 0. The number of hydrogen-bond donors (Lipinski definition) is 0. The summed E-state index contributed by atoms with van der Waals surface area (Å²) in [6.07, 6.45) is 6.88. The molecule has 0 spiro atoms. The lowest BCUT2D eigenvalue weighted by Crippen LogP contribution is -1.68. The Morgan fingerprint density at radius 3 is 3.10 bits per heavy atom. The molecule has 0 aromatic heterocycles. The van der Waals surface area contributed by atoms with Crippen LogP contribution in [0.4, 0.5) is 0 Å². The fourth-order valence-electron chi connectivity index (χ4n) is 0.769. The van der Waals surface area contributed by atoms with Crippen molar-refractivity contribution >= 4 is 0 Å². The number of allylic oxidation sites excluding steroid dienone is 5. The molecule has 0 unspecified atom stereocenters. The minimum atomic E-state index is 0.924. The first kappa shape index (κ1) is 6.89. The predicted molar refractivity (Wildman–Crippen MR) is 43.7 cm³/mol. The lowest BCUT2D eigenvalue weighted by Gasteiger charge is -1.86. The van der Waals surface area contributed by atoms with E-state index >= 15 is 0 Å². The van der Waals surface area contributed by atoms with E-state index < -0.39 is 0 Å². The van der Waals surface area contributed by atoms with E-state index in [1.54, 1.807) is 0 Å². The summed E-state index contributed by atoms with van der Waals surface area (Å²) < 4.78 is 0. The van der Waals surface area contributed by atoms with Crippen molar-refractivity contribution < 1.29 is 0 Å². The third-order valence-corrected chi connectivity index (χ3v) is 1.37. The predicted octanol–water partition coefficient (Wildman–Crippen LogP) is 2.76. The molecule has 10 heavy (non-hydrogen) atoms. The zero-order valence-electron chi connectivity index (χ0n) is 6.15. The van der Waals surface area contributed by atoms with Crippen LogP contribution in [0.2, 0.25) is 0 Å². The van der Waals surface area contributed by atoms with Crippen LogP contribution in [0.15, 0.2) is 47.4 Å². The summed E-state index contributed by atoms with van der Waals surface area (Å²) in [5.41, 5.74) is 8.27. The molecule has 1 aliphatic carbocycles. The minimum Gasteiger partial charge on any atom is -0.0981 e. The maximum atomic E-state index is 3.67. The summed E-state index contributed by atoms with van der Waals surface area (Å²) in [5.74, 6) is 0. The molecular weight excluding hydrogens is 120 g/mol. The molecule has 0 atom stereocenters. The Kier molecular flexibility index (Phi) is 2.12. The van der Waals surface area contributed by atoms with E-state index in [-0.39, 0.29) is 0 Å². The molecule has 0 saturated heterocycles. The van der Waals surface area contributed by atoms with Crippen molar-refractivity contribution in [3.8, 4) is 0 Å². The van der Waals surface area contributed by atoms with Crippen LogP contribution in [0.5, 0.6) is 0 Å². The lowest BCUT2D eigenvalue weighted by molar-refractivity contribution is 1.30. The third kappa shape index (κ3) is 1.63. The first-order chi connectivity index (χ1) is 4.83. The number of hydrogen-bond acceptors (Lipinski definition) is 0. The zero-order valence-corrected chi connectivity index (χ0v) is 6.15. The SMILES string of the molecule is C=CC1=C=C=C(C)C=CC1. The van der Waals surface area contributed by atoms with Crippen molar-refractivity contribution in [3.05, 3.63) is 47.4 Å². The van der Waals surface area contributed by atoms with Gasteiger partial charge in [-0.2, -0.15) is 0 Å². The summed E-state index contributed by atoms with van der Waals surface area (Å²) in [7, 11) is 0. The Hall–Kier alpha value is -1.22. The van der Waals surface area contributed by atoms with Crippen LogP contribution in [0, 0.1) is 0 Å². The highest BCUT2D eigenvalue weighted by Crippen LogP contribution is 2.06. The largest absolute Gasteiger partial charge is 0.0981 e. The fraction of sp³-hybridized carbons (Fsp3) is 0.200. The van der Waals surface area contributed by atoms with E-state index in [1.165, 1.54) is 0 Å². The van der Waals surface area contributed by atoms with E-state index in [4.69, 9.17) is 0 Å². The molecule has 0 radical (unpaired) electrons. The molecule has 0 fully saturated rings. The highest BCUT2D eigenvalue weighted by Gasteiger charge is 1.88. The van der Waals surface area contributed by atoms with Gasteiger partial charge in [0, 0.05) is 5.57 Å². The Labute approximate surface area is 61.6 Å². The van der Waals surface area contributed by atoms with Crippen molar-refractivity contribution in [2.45, 2.75) is 13.3 Å². The fourth-order valence-corrected chi connectivity index (χ4v) is 0.769. The van der Waals surface area contributed by atoms with Crippen molar-refractivity contribution in [2.75, 3.05) is 0 Å². The van der Waals surface area contributed by atoms with Crippen LogP contribution in [0.1, 0.15) is 13.3 Å². The molecule has 0 bridgehead atoms. The van der Waals surface area contributed by atoms with Crippen molar-refractivity contribution in [1.29, 1.82) is 0 Å². The van der Waals surface area contributed by atoms with Crippen LogP contribution < -0.4 is 0 Å². The molecule has 0 saturated carbocycles. The maximum absolute atomic E-state index is 3.67. The quantitative estimate of drug-likeness (QED) is 0.479. The van der Waals surface area contributed by atoms with Gasteiger partial charge in [0.25, 0.3) is 0 Å². The average molecular weight is 130 g/mol. The summed E-state index contributed by atoms with van der Waals surface area (Å²) >= 11 is 0. The molecule has 1 aliphatic rings. The molecule has 0 heterocycles. The third-order valence-electron chi connectivity index (χ3n) is 1.37. The normalized spacial score (nSPS) is 15.7. The van der Waals surface area contributed by atoms with E-state index in [0.29, 0.717) is 0 Å². The smallest absolute Gasteiger partial charge is 0.00558 e. The first-order valence-corrected chi connectivity index (χ1v) is 3.33.